The molecule has 15 heavy (non-hydrogen) atoms. The zero-order valence-corrected chi connectivity index (χ0v) is 8.01. The molecule has 0 saturated heterocycles. The second-order valence-corrected chi connectivity index (χ2v) is 3.04. The maximum atomic E-state index is 12.6. The number of carbonyl (C=O) groups excluding carboxylic acids is 1. The van der Waals surface area contributed by atoms with E-state index in [9.17, 15) is 18.0 Å². The van der Waals surface area contributed by atoms with E-state index in [2.05, 4.69) is 5.32 Å². The van der Waals surface area contributed by atoms with Crippen LogP contribution in [0.4, 0.5) is 18.9 Å². The predicted molar refractivity (Wildman–Crippen MR) is 50.7 cm³/mol. The molecule has 1 atom stereocenters. The molecular formula is C10H10F3NO. The van der Waals surface area contributed by atoms with E-state index in [0.717, 1.165) is 0 Å². The van der Waals surface area contributed by atoms with Crippen molar-refractivity contribution in [1.82, 2.24) is 0 Å². The second kappa shape index (κ2) is 4.82. The molecule has 0 aliphatic rings. The Kier molecular flexibility index (Phi) is 3.71. The molecule has 0 bridgehead atoms. The van der Waals surface area contributed by atoms with Crippen LogP contribution in [0.2, 0.25) is 0 Å². The minimum absolute atomic E-state index is 0.339. The molecule has 0 aromatic heterocycles. The van der Waals surface area contributed by atoms with Gasteiger partial charge in [0.25, 0.3) is 12.3 Å². The summed E-state index contributed by atoms with van der Waals surface area (Å²) in [5.41, 5.74) is 1.03. The Bertz CT molecular complexity index is 354. The Morgan fingerprint density at radius 3 is 2.40 bits per heavy atom. The molecule has 0 spiro atoms. The Morgan fingerprint density at radius 2 is 1.87 bits per heavy atom. The monoisotopic (exact) mass is 217 g/mol. The summed E-state index contributed by atoms with van der Waals surface area (Å²) in [7, 11) is 0. The van der Waals surface area contributed by atoms with Gasteiger partial charge in [-0.2, -0.15) is 0 Å². The highest BCUT2D eigenvalue weighted by Gasteiger charge is 2.27. The lowest BCUT2D eigenvalue weighted by Gasteiger charge is -2.10. The third-order valence-electron chi connectivity index (χ3n) is 1.87. The van der Waals surface area contributed by atoms with Crippen molar-refractivity contribution in [3.05, 3.63) is 29.8 Å². The average molecular weight is 217 g/mol. The molecule has 0 heterocycles. The van der Waals surface area contributed by atoms with Crippen LogP contribution in [0.15, 0.2) is 24.3 Å². The molecule has 1 amide bonds. The van der Waals surface area contributed by atoms with Gasteiger partial charge >= 0.3 is 0 Å². The third kappa shape index (κ3) is 2.97. The van der Waals surface area contributed by atoms with Crippen molar-refractivity contribution >= 4 is 11.6 Å². The lowest BCUT2D eigenvalue weighted by Crippen LogP contribution is -2.30. The van der Waals surface area contributed by atoms with Crippen molar-refractivity contribution in [2.24, 2.45) is 0 Å². The maximum absolute atomic E-state index is 12.6. The largest absolute Gasteiger partial charge is 0.323 e. The number of hydrogen-bond donors (Lipinski definition) is 1. The molecule has 0 radical (unpaired) electrons. The summed E-state index contributed by atoms with van der Waals surface area (Å²) in [6.45, 7) is 1.69. The van der Waals surface area contributed by atoms with Gasteiger partial charge in [-0.3, -0.25) is 4.79 Å². The quantitative estimate of drug-likeness (QED) is 0.828. The van der Waals surface area contributed by atoms with Crippen LogP contribution in [0.25, 0.3) is 0 Å². The van der Waals surface area contributed by atoms with E-state index in [1.165, 1.54) is 6.07 Å². The van der Waals surface area contributed by atoms with Gasteiger partial charge in [0.1, 0.15) is 0 Å². The minimum Gasteiger partial charge on any atom is -0.323 e. The molecular weight excluding hydrogens is 207 g/mol. The van der Waals surface area contributed by atoms with Gasteiger partial charge in [-0.05, 0) is 18.6 Å². The molecule has 1 unspecified atom stereocenters. The number of para-hydroxylation sites is 1. The van der Waals surface area contributed by atoms with Gasteiger partial charge in [0.2, 0.25) is 6.17 Å². The summed E-state index contributed by atoms with van der Waals surface area (Å²) < 4.78 is 36.3. The fourth-order valence-electron chi connectivity index (χ4n) is 1.03. The first-order chi connectivity index (χ1) is 7.02. The number of carbonyl (C=O) groups is 1. The molecule has 0 saturated carbocycles. The summed E-state index contributed by atoms with van der Waals surface area (Å²) in [6, 6.07) is 6.56. The van der Waals surface area contributed by atoms with Crippen LogP contribution in [0, 0.1) is 6.92 Å². The molecule has 0 aliphatic carbocycles. The highest BCUT2D eigenvalue weighted by atomic mass is 19.3. The highest BCUT2D eigenvalue weighted by Crippen LogP contribution is 2.15. The Balaban J connectivity index is 2.71. The molecule has 2 nitrogen and oxygen atoms in total. The van der Waals surface area contributed by atoms with Crippen molar-refractivity contribution in [2.45, 2.75) is 19.5 Å². The van der Waals surface area contributed by atoms with Crippen LogP contribution in [0.3, 0.4) is 0 Å². The number of rotatable bonds is 3. The molecule has 0 aliphatic heterocycles. The average Bonchev–Trinajstić information content (AvgIpc) is 2.20. The van der Waals surface area contributed by atoms with Gasteiger partial charge in [0, 0.05) is 5.69 Å². The number of halogens is 3. The van der Waals surface area contributed by atoms with Gasteiger partial charge in [-0.15, -0.1) is 0 Å². The third-order valence-corrected chi connectivity index (χ3v) is 1.87. The molecule has 0 fully saturated rings. The number of anilines is 1. The SMILES string of the molecule is Cc1ccccc1NC(=O)C(F)C(F)F. The molecule has 82 valence electrons. The normalized spacial score (nSPS) is 12.6. The Labute approximate surface area is 85.1 Å². The molecule has 1 aromatic carbocycles. The standard InChI is InChI=1S/C10H10F3NO/c1-6-4-2-3-5-7(6)14-10(15)8(11)9(12)13/h2-5,8-9H,1H3,(H,14,15). The lowest BCUT2D eigenvalue weighted by molar-refractivity contribution is -0.125. The summed E-state index contributed by atoms with van der Waals surface area (Å²) in [4.78, 5) is 10.9. The van der Waals surface area contributed by atoms with E-state index in [1.54, 1.807) is 25.1 Å². The van der Waals surface area contributed by atoms with Crippen LogP contribution in [-0.4, -0.2) is 18.5 Å². The Morgan fingerprint density at radius 1 is 1.27 bits per heavy atom. The van der Waals surface area contributed by atoms with E-state index in [1.807, 2.05) is 0 Å². The van der Waals surface area contributed by atoms with Crippen molar-refractivity contribution in [3.63, 3.8) is 0 Å². The number of alkyl halides is 3. The van der Waals surface area contributed by atoms with Gasteiger partial charge in [-0.1, -0.05) is 18.2 Å². The smallest absolute Gasteiger partial charge is 0.278 e. The first-order valence-corrected chi connectivity index (χ1v) is 4.31. The van der Waals surface area contributed by atoms with Crippen LogP contribution < -0.4 is 5.32 Å². The molecule has 1 aromatic rings. The van der Waals surface area contributed by atoms with E-state index < -0.39 is 18.5 Å². The number of benzene rings is 1. The van der Waals surface area contributed by atoms with E-state index in [0.29, 0.717) is 11.3 Å². The zero-order valence-electron chi connectivity index (χ0n) is 8.01. The highest BCUT2D eigenvalue weighted by molar-refractivity contribution is 5.94. The van der Waals surface area contributed by atoms with Gasteiger partial charge in [0.05, 0.1) is 0 Å². The number of amides is 1. The van der Waals surface area contributed by atoms with Crippen molar-refractivity contribution in [1.29, 1.82) is 0 Å². The summed E-state index contributed by atoms with van der Waals surface area (Å²) in [6.07, 6.45) is -6.08. The fourth-order valence-corrected chi connectivity index (χ4v) is 1.03. The van der Waals surface area contributed by atoms with Crippen molar-refractivity contribution < 1.29 is 18.0 Å². The van der Waals surface area contributed by atoms with Crippen LogP contribution in [0.1, 0.15) is 5.56 Å². The fraction of sp³-hybridized carbons (Fsp3) is 0.300. The van der Waals surface area contributed by atoms with E-state index >= 15 is 0 Å². The first-order valence-electron chi connectivity index (χ1n) is 4.31. The topological polar surface area (TPSA) is 29.1 Å². The number of aryl methyl sites for hydroxylation is 1. The van der Waals surface area contributed by atoms with Gasteiger partial charge in [-0.25, -0.2) is 13.2 Å². The molecule has 5 heteroatoms. The summed E-state index contributed by atoms with van der Waals surface area (Å²) >= 11 is 0. The van der Waals surface area contributed by atoms with Crippen LogP contribution >= 0.6 is 0 Å². The first kappa shape index (κ1) is 11.6. The van der Waals surface area contributed by atoms with Gasteiger partial charge in [0.15, 0.2) is 0 Å². The second-order valence-electron chi connectivity index (χ2n) is 3.04. The molecule has 1 rings (SSSR count). The Hall–Kier alpha value is -1.52. The maximum Gasteiger partial charge on any atom is 0.278 e. The van der Waals surface area contributed by atoms with Crippen molar-refractivity contribution in [3.8, 4) is 0 Å². The number of nitrogens with one attached hydrogen (secondary N) is 1. The van der Waals surface area contributed by atoms with E-state index in [4.69, 9.17) is 0 Å². The van der Waals surface area contributed by atoms with Gasteiger partial charge < -0.3 is 5.32 Å². The zero-order chi connectivity index (χ0) is 11.4. The minimum atomic E-state index is -3.30. The van der Waals surface area contributed by atoms with E-state index in [-0.39, 0.29) is 0 Å². The van der Waals surface area contributed by atoms with Crippen LogP contribution in [-0.2, 0) is 4.79 Å². The lowest BCUT2D eigenvalue weighted by atomic mass is 10.2. The molecule has 1 N–H and O–H groups in total. The van der Waals surface area contributed by atoms with Crippen LogP contribution in [0.5, 0.6) is 0 Å². The predicted octanol–water partition coefficient (Wildman–Crippen LogP) is 2.54. The summed E-state index contributed by atoms with van der Waals surface area (Å²) in [5, 5.41) is 2.10. The van der Waals surface area contributed by atoms with Crippen molar-refractivity contribution in [2.75, 3.05) is 5.32 Å². The number of hydrogen-bond acceptors (Lipinski definition) is 1. The summed E-state index contributed by atoms with van der Waals surface area (Å²) in [5.74, 6) is -1.32.